The summed E-state index contributed by atoms with van der Waals surface area (Å²) in [5, 5.41) is 13.2. The van der Waals surface area contributed by atoms with Crippen LogP contribution < -0.4 is 5.32 Å². The molecule has 4 aromatic heterocycles. The molecule has 0 bridgehead atoms. The fourth-order valence-corrected chi connectivity index (χ4v) is 5.07. The van der Waals surface area contributed by atoms with Crippen LogP contribution in [0.2, 0.25) is 0 Å². The third-order valence-electron chi connectivity index (χ3n) is 5.36. The second-order valence-corrected chi connectivity index (χ2v) is 9.92. The minimum absolute atomic E-state index is 0.192. The molecule has 1 aromatic carbocycles. The molecule has 0 amide bonds. The predicted octanol–water partition coefficient (Wildman–Crippen LogP) is 3.22. The van der Waals surface area contributed by atoms with Crippen molar-refractivity contribution in [2.45, 2.75) is 24.8 Å². The van der Waals surface area contributed by atoms with E-state index in [1.165, 1.54) is 10.2 Å². The van der Waals surface area contributed by atoms with Crippen molar-refractivity contribution in [3.8, 4) is 22.6 Å². The highest BCUT2D eigenvalue weighted by Crippen LogP contribution is 2.31. The van der Waals surface area contributed by atoms with Crippen molar-refractivity contribution < 1.29 is 13.5 Å². The monoisotopic (exact) mass is 489 g/mol. The lowest BCUT2D eigenvalue weighted by Crippen LogP contribution is -2.16. The first kappa shape index (κ1) is 22.7. The number of imidazole rings is 1. The van der Waals surface area contributed by atoms with Gasteiger partial charge in [0.05, 0.1) is 28.1 Å². The number of fused-ring (bicyclic) bond motifs is 1. The summed E-state index contributed by atoms with van der Waals surface area (Å²) >= 11 is 0. The fourth-order valence-electron chi connectivity index (χ4n) is 3.74. The van der Waals surface area contributed by atoms with E-state index in [1.807, 2.05) is 13.0 Å². The van der Waals surface area contributed by atoms with Crippen molar-refractivity contribution >= 4 is 27.0 Å². The summed E-state index contributed by atoms with van der Waals surface area (Å²) in [7, 11) is -3.77. The van der Waals surface area contributed by atoms with E-state index in [9.17, 15) is 13.5 Å². The Kier molecular flexibility index (Phi) is 5.79. The molecule has 1 atom stereocenters. The molecular weight excluding hydrogens is 466 g/mol. The van der Waals surface area contributed by atoms with E-state index in [0.717, 1.165) is 0 Å². The zero-order valence-electron chi connectivity index (χ0n) is 19.0. The van der Waals surface area contributed by atoms with Crippen molar-refractivity contribution in [2.75, 3.05) is 11.9 Å². The summed E-state index contributed by atoms with van der Waals surface area (Å²) in [4.78, 5) is 21.3. The molecule has 0 aliphatic carbocycles. The maximum atomic E-state index is 13.1. The van der Waals surface area contributed by atoms with Gasteiger partial charge < -0.3 is 15.4 Å². The highest BCUT2D eigenvalue weighted by Gasteiger charge is 2.21. The van der Waals surface area contributed by atoms with E-state index in [-0.39, 0.29) is 4.90 Å². The van der Waals surface area contributed by atoms with Gasteiger partial charge in [0, 0.05) is 36.1 Å². The quantitative estimate of drug-likeness (QED) is 0.317. The second-order valence-electron chi connectivity index (χ2n) is 8.11. The molecule has 10 nitrogen and oxygen atoms in total. The Hall–Kier alpha value is -4.09. The number of hydrogen-bond acceptors (Lipinski definition) is 8. The summed E-state index contributed by atoms with van der Waals surface area (Å²) in [5.41, 5.74) is 2.98. The zero-order chi connectivity index (χ0) is 24.6. The Balaban J connectivity index is 1.54. The van der Waals surface area contributed by atoms with Crippen molar-refractivity contribution in [1.29, 1.82) is 0 Å². The molecule has 0 saturated carbocycles. The number of aromatic nitrogens is 6. The Morgan fingerprint density at radius 2 is 1.91 bits per heavy atom. The third kappa shape index (κ3) is 4.38. The van der Waals surface area contributed by atoms with Gasteiger partial charge in [0.25, 0.3) is 10.0 Å². The molecular formula is C24H23N7O3S. The molecule has 5 aromatic rings. The number of anilines is 1. The van der Waals surface area contributed by atoms with Gasteiger partial charge in [-0.25, -0.2) is 32.3 Å². The Labute approximate surface area is 201 Å². The Morgan fingerprint density at radius 1 is 1.11 bits per heavy atom. The lowest BCUT2D eigenvalue weighted by atomic mass is 10.1. The van der Waals surface area contributed by atoms with Crippen LogP contribution in [0, 0.1) is 6.92 Å². The summed E-state index contributed by atoms with van der Waals surface area (Å²) in [6, 6.07) is 13.6. The number of H-pyrrole nitrogens is 1. The average Bonchev–Trinajstić information content (AvgIpc) is 3.47. The van der Waals surface area contributed by atoms with E-state index in [4.69, 9.17) is 0 Å². The number of nitrogens with zero attached hydrogens (tertiary/aromatic N) is 5. The SMILES string of the molecule is Cc1nc(-c2cnc3c(ccn3S(=O)(=O)c3ccccc3)c2)c(-c2ccnc(NCC(C)O)n2)[nH]1. The summed E-state index contributed by atoms with van der Waals surface area (Å²) in [5.74, 6) is 1.08. The number of hydrogen-bond donors (Lipinski definition) is 3. The molecule has 0 fully saturated rings. The Morgan fingerprint density at radius 3 is 2.69 bits per heavy atom. The number of pyridine rings is 1. The van der Waals surface area contributed by atoms with Crippen molar-refractivity contribution in [1.82, 2.24) is 28.9 Å². The van der Waals surface area contributed by atoms with Crippen molar-refractivity contribution in [3.05, 3.63) is 72.9 Å². The second kappa shape index (κ2) is 8.93. The lowest BCUT2D eigenvalue weighted by molar-refractivity contribution is 0.208. The van der Waals surface area contributed by atoms with Gasteiger partial charge >= 0.3 is 0 Å². The maximum Gasteiger partial charge on any atom is 0.269 e. The number of aliphatic hydroxyl groups excluding tert-OH is 1. The highest BCUT2D eigenvalue weighted by atomic mass is 32.2. The number of aliphatic hydroxyl groups is 1. The van der Waals surface area contributed by atoms with Gasteiger partial charge in [0.15, 0.2) is 5.65 Å². The van der Waals surface area contributed by atoms with Crippen LogP contribution in [0.25, 0.3) is 33.7 Å². The fraction of sp³-hybridized carbons (Fsp3) is 0.167. The van der Waals surface area contributed by atoms with Crippen LogP contribution in [0.4, 0.5) is 5.95 Å². The van der Waals surface area contributed by atoms with Crippen LogP contribution in [0.3, 0.4) is 0 Å². The molecule has 178 valence electrons. The van der Waals surface area contributed by atoms with Crippen LogP contribution in [0.1, 0.15) is 12.7 Å². The first-order valence-corrected chi connectivity index (χ1v) is 12.4. The van der Waals surface area contributed by atoms with Crippen LogP contribution in [0.15, 0.2) is 72.0 Å². The topological polar surface area (TPSA) is 139 Å². The summed E-state index contributed by atoms with van der Waals surface area (Å²) in [6.45, 7) is 3.84. The van der Waals surface area contributed by atoms with E-state index < -0.39 is 16.1 Å². The van der Waals surface area contributed by atoms with Gasteiger partial charge in [-0.1, -0.05) is 18.2 Å². The zero-order valence-corrected chi connectivity index (χ0v) is 19.9. The van der Waals surface area contributed by atoms with E-state index in [1.54, 1.807) is 61.8 Å². The van der Waals surface area contributed by atoms with Crippen molar-refractivity contribution in [2.24, 2.45) is 0 Å². The molecule has 5 rings (SSSR count). The molecule has 4 heterocycles. The van der Waals surface area contributed by atoms with Gasteiger partial charge in [-0.3, -0.25) is 0 Å². The molecule has 0 spiro atoms. The average molecular weight is 490 g/mol. The standard InChI is InChI=1S/C24H23N7O3S/c1-15(32)13-27-24-25-10-8-20(30-24)22-21(28-16(2)29-22)18-12-17-9-11-31(23(17)26-14-18)35(33,34)19-6-4-3-5-7-19/h3-12,14-15,32H,13H2,1-2H3,(H,28,29)(H,25,27,30). The highest BCUT2D eigenvalue weighted by molar-refractivity contribution is 7.90. The van der Waals surface area contributed by atoms with Crippen molar-refractivity contribution in [3.63, 3.8) is 0 Å². The summed E-state index contributed by atoms with van der Waals surface area (Å²) in [6.07, 6.45) is 4.20. The first-order chi connectivity index (χ1) is 16.8. The lowest BCUT2D eigenvalue weighted by Gasteiger charge is -2.09. The third-order valence-corrected chi connectivity index (χ3v) is 7.04. The largest absolute Gasteiger partial charge is 0.392 e. The minimum atomic E-state index is -3.77. The maximum absolute atomic E-state index is 13.1. The van der Waals surface area contributed by atoms with Crippen LogP contribution >= 0.6 is 0 Å². The molecule has 0 aliphatic heterocycles. The van der Waals surface area contributed by atoms with Gasteiger partial charge in [-0.15, -0.1) is 0 Å². The molecule has 0 aliphatic rings. The molecule has 0 radical (unpaired) electrons. The number of rotatable bonds is 7. The van der Waals surface area contributed by atoms with Gasteiger partial charge in [0.1, 0.15) is 5.82 Å². The molecule has 3 N–H and O–H groups in total. The van der Waals surface area contributed by atoms with Crippen LogP contribution in [-0.4, -0.2) is 55.1 Å². The molecule has 11 heteroatoms. The number of aromatic amines is 1. The van der Waals surface area contributed by atoms with Crippen LogP contribution in [-0.2, 0) is 10.0 Å². The van der Waals surface area contributed by atoms with Crippen LogP contribution in [0.5, 0.6) is 0 Å². The van der Waals surface area contributed by atoms with E-state index in [2.05, 4.69) is 30.2 Å². The van der Waals surface area contributed by atoms with E-state index in [0.29, 0.717) is 52.0 Å². The predicted molar refractivity (Wildman–Crippen MR) is 132 cm³/mol. The van der Waals surface area contributed by atoms with Gasteiger partial charge in [0.2, 0.25) is 5.95 Å². The molecule has 1 unspecified atom stereocenters. The Bertz CT molecular complexity index is 1610. The minimum Gasteiger partial charge on any atom is -0.392 e. The number of benzene rings is 1. The molecule has 0 saturated heterocycles. The van der Waals surface area contributed by atoms with E-state index >= 15 is 0 Å². The first-order valence-electron chi connectivity index (χ1n) is 10.9. The smallest absolute Gasteiger partial charge is 0.269 e. The molecule has 35 heavy (non-hydrogen) atoms. The normalized spacial score (nSPS) is 12.7. The number of aryl methyl sites for hydroxylation is 1. The van der Waals surface area contributed by atoms with Gasteiger partial charge in [-0.05, 0) is 44.2 Å². The summed E-state index contributed by atoms with van der Waals surface area (Å²) < 4.78 is 27.4. The number of nitrogens with one attached hydrogen (secondary N) is 2. The van der Waals surface area contributed by atoms with Gasteiger partial charge in [-0.2, -0.15) is 0 Å².